The van der Waals surface area contributed by atoms with E-state index in [1.807, 2.05) is 19.2 Å². The number of pyridine rings is 1. The number of hydrogen-bond acceptors (Lipinski definition) is 5. The smallest absolute Gasteiger partial charge is 0.293 e. The number of halogens is 1. The average Bonchev–Trinajstić information content (AvgIpc) is 3.44. The molecule has 7 nitrogen and oxygen atoms in total. The summed E-state index contributed by atoms with van der Waals surface area (Å²) in [5, 5.41) is 14.6. The van der Waals surface area contributed by atoms with Gasteiger partial charge < -0.3 is 14.9 Å². The van der Waals surface area contributed by atoms with Crippen molar-refractivity contribution in [3.63, 3.8) is 0 Å². The first-order valence-corrected chi connectivity index (χ1v) is 11.0. The lowest BCUT2D eigenvalue weighted by Crippen LogP contribution is -2.34. The summed E-state index contributed by atoms with van der Waals surface area (Å²) < 4.78 is 15.5. The molecule has 0 saturated carbocycles. The Hall–Kier alpha value is -3.00. The first-order valence-electron chi connectivity index (χ1n) is 11.0. The molecule has 0 bridgehead atoms. The molecule has 1 aromatic carbocycles. The molecule has 2 aromatic heterocycles. The minimum absolute atomic E-state index is 0.138. The molecule has 2 fully saturated rings. The second-order valence-corrected chi connectivity index (χ2v) is 9.80. The van der Waals surface area contributed by atoms with E-state index in [1.54, 1.807) is 28.5 Å². The highest BCUT2D eigenvalue weighted by atomic mass is 19.1. The Balaban J connectivity index is 1.41. The van der Waals surface area contributed by atoms with E-state index in [1.165, 1.54) is 6.07 Å². The molecule has 2 saturated heterocycles. The number of nitrogens with zero attached hydrogens (tertiary/aromatic N) is 5. The van der Waals surface area contributed by atoms with E-state index in [9.17, 15) is 14.3 Å². The largest absolute Gasteiger partial charge is 0.388 e. The molecule has 32 heavy (non-hydrogen) atoms. The van der Waals surface area contributed by atoms with Crippen LogP contribution < -0.4 is 4.90 Å². The summed E-state index contributed by atoms with van der Waals surface area (Å²) in [5.41, 5.74) is 2.59. The van der Waals surface area contributed by atoms with Crippen LogP contribution in [-0.2, 0) is 5.41 Å². The fourth-order valence-electron chi connectivity index (χ4n) is 4.94. The van der Waals surface area contributed by atoms with Gasteiger partial charge in [-0.05, 0) is 56.0 Å². The second-order valence-electron chi connectivity index (χ2n) is 9.80. The van der Waals surface area contributed by atoms with Crippen molar-refractivity contribution >= 4 is 17.2 Å². The number of rotatable bonds is 3. The number of carbonyl (C=O) groups is 1. The quantitative estimate of drug-likeness (QED) is 0.682. The molecular weight excluding hydrogens is 409 g/mol. The Morgan fingerprint density at radius 1 is 1.16 bits per heavy atom. The molecule has 0 spiro atoms. The zero-order chi connectivity index (χ0) is 22.7. The van der Waals surface area contributed by atoms with Crippen LogP contribution in [0.5, 0.6) is 0 Å². The molecule has 168 valence electrons. The summed E-state index contributed by atoms with van der Waals surface area (Å²) in [6.07, 6.45) is 3.38. The molecule has 1 unspecified atom stereocenters. The fourth-order valence-corrected chi connectivity index (χ4v) is 4.94. The van der Waals surface area contributed by atoms with E-state index in [4.69, 9.17) is 0 Å². The average molecular weight is 438 g/mol. The fraction of sp³-hybridized carbons (Fsp3) is 0.458. The lowest BCUT2D eigenvalue weighted by atomic mass is 9.82. The number of aromatic nitrogens is 3. The standard InChI is InChI=1S/C24H28FN5O2/c1-16-11-19(28-9-7-23(2,14-28)17-5-4-6-18(25)12-17)13-30-21(16)26-20(27-30)22(31)29-10-8-24(3,32)15-29/h4-6,11-13,32H,7-10,14-15H2,1-3H3/t23-,24?/m0/s1. The Labute approximate surface area is 186 Å². The maximum Gasteiger partial charge on any atom is 0.293 e. The normalized spacial score (nSPS) is 25.8. The molecule has 3 aromatic rings. The van der Waals surface area contributed by atoms with Crippen molar-refractivity contribution in [1.29, 1.82) is 0 Å². The number of aliphatic hydroxyl groups is 1. The lowest BCUT2D eigenvalue weighted by Gasteiger charge is -2.26. The van der Waals surface area contributed by atoms with Gasteiger partial charge in [-0.2, -0.15) is 0 Å². The maximum absolute atomic E-state index is 13.8. The topological polar surface area (TPSA) is 74.0 Å². The Kier molecular flexibility index (Phi) is 4.74. The van der Waals surface area contributed by atoms with Gasteiger partial charge in [-0.3, -0.25) is 4.79 Å². The SMILES string of the molecule is Cc1cc(N2CC[C@](C)(c3cccc(F)c3)C2)cn2nc(C(=O)N3CCC(C)(O)C3)nc12. The van der Waals surface area contributed by atoms with Crippen molar-refractivity contribution in [2.45, 2.75) is 44.6 Å². The zero-order valence-electron chi connectivity index (χ0n) is 18.7. The molecule has 0 radical (unpaired) electrons. The van der Waals surface area contributed by atoms with Crippen LogP contribution in [0.15, 0.2) is 36.5 Å². The summed E-state index contributed by atoms with van der Waals surface area (Å²) in [5.74, 6) is -0.319. The van der Waals surface area contributed by atoms with Gasteiger partial charge in [0, 0.05) is 31.6 Å². The lowest BCUT2D eigenvalue weighted by molar-refractivity contribution is 0.0565. The molecule has 8 heteroatoms. The highest BCUT2D eigenvalue weighted by Gasteiger charge is 2.37. The third-order valence-corrected chi connectivity index (χ3v) is 6.89. The maximum atomic E-state index is 13.8. The van der Waals surface area contributed by atoms with Crippen LogP contribution in [0.2, 0.25) is 0 Å². The van der Waals surface area contributed by atoms with Crippen molar-refractivity contribution < 1.29 is 14.3 Å². The van der Waals surface area contributed by atoms with Crippen molar-refractivity contribution in [2.75, 3.05) is 31.1 Å². The molecule has 1 amide bonds. The van der Waals surface area contributed by atoms with E-state index in [0.29, 0.717) is 18.6 Å². The zero-order valence-corrected chi connectivity index (χ0v) is 18.7. The highest BCUT2D eigenvalue weighted by molar-refractivity contribution is 5.91. The summed E-state index contributed by atoms with van der Waals surface area (Å²) in [7, 11) is 0. The first-order chi connectivity index (χ1) is 15.1. The first kappa shape index (κ1) is 20.9. The Morgan fingerprint density at radius 2 is 1.97 bits per heavy atom. The second kappa shape index (κ2) is 7.27. The number of amides is 1. The monoisotopic (exact) mass is 437 g/mol. The van der Waals surface area contributed by atoms with Gasteiger partial charge in [0.2, 0.25) is 5.82 Å². The molecule has 5 rings (SSSR count). The van der Waals surface area contributed by atoms with Crippen molar-refractivity contribution in [3.8, 4) is 0 Å². The van der Waals surface area contributed by atoms with Crippen LogP contribution in [0.3, 0.4) is 0 Å². The van der Waals surface area contributed by atoms with Crippen LogP contribution in [0.1, 0.15) is 48.4 Å². The minimum atomic E-state index is -0.859. The van der Waals surface area contributed by atoms with Crippen LogP contribution in [0.4, 0.5) is 10.1 Å². The Morgan fingerprint density at radius 3 is 2.69 bits per heavy atom. The van der Waals surface area contributed by atoms with Gasteiger partial charge in [0.25, 0.3) is 5.91 Å². The van der Waals surface area contributed by atoms with Gasteiger partial charge in [0.1, 0.15) is 5.82 Å². The summed E-state index contributed by atoms with van der Waals surface area (Å²) in [6, 6.07) is 8.93. The van der Waals surface area contributed by atoms with E-state index < -0.39 is 5.60 Å². The van der Waals surface area contributed by atoms with Crippen LogP contribution in [0.25, 0.3) is 5.65 Å². The van der Waals surface area contributed by atoms with Crippen molar-refractivity contribution in [3.05, 3.63) is 59.3 Å². The molecule has 2 atom stereocenters. The molecule has 2 aliphatic heterocycles. The number of β-amino-alcohol motifs (C(OH)–C–C–N with tert-alkyl or cyclic N) is 1. The van der Waals surface area contributed by atoms with Crippen molar-refractivity contribution in [2.24, 2.45) is 0 Å². The van der Waals surface area contributed by atoms with E-state index in [0.717, 1.165) is 36.3 Å². The highest BCUT2D eigenvalue weighted by Crippen LogP contribution is 2.37. The number of hydrogen-bond donors (Lipinski definition) is 1. The van der Waals surface area contributed by atoms with Crippen molar-refractivity contribution in [1.82, 2.24) is 19.5 Å². The molecule has 4 heterocycles. The van der Waals surface area contributed by atoms with Gasteiger partial charge in [0.15, 0.2) is 5.65 Å². The molecule has 0 aliphatic carbocycles. The predicted octanol–water partition coefficient (Wildman–Crippen LogP) is 2.94. The molecule has 2 aliphatic rings. The van der Waals surface area contributed by atoms with Gasteiger partial charge in [-0.1, -0.05) is 19.1 Å². The summed E-state index contributed by atoms with van der Waals surface area (Å²) >= 11 is 0. The number of benzene rings is 1. The Bertz CT molecular complexity index is 1210. The van der Waals surface area contributed by atoms with Crippen LogP contribution in [0, 0.1) is 12.7 Å². The number of carbonyl (C=O) groups excluding carboxylic acids is 1. The predicted molar refractivity (Wildman–Crippen MR) is 119 cm³/mol. The van der Waals surface area contributed by atoms with Gasteiger partial charge in [-0.25, -0.2) is 13.9 Å². The van der Waals surface area contributed by atoms with E-state index >= 15 is 0 Å². The summed E-state index contributed by atoms with van der Waals surface area (Å²) in [4.78, 5) is 21.2. The molecular formula is C24H28FN5O2. The number of likely N-dealkylation sites (tertiary alicyclic amines) is 1. The minimum Gasteiger partial charge on any atom is -0.388 e. The molecule has 1 N–H and O–H groups in total. The van der Waals surface area contributed by atoms with E-state index in [2.05, 4.69) is 28.0 Å². The van der Waals surface area contributed by atoms with Crippen LogP contribution >= 0.6 is 0 Å². The van der Waals surface area contributed by atoms with Gasteiger partial charge in [0.05, 0.1) is 17.5 Å². The third kappa shape index (κ3) is 3.62. The summed E-state index contributed by atoms with van der Waals surface area (Å²) in [6.45, 7) is 8.28. The number of anilines is 1. The number of fused-ring (bicyclic) bond motifs is 1. The van der Waals surface area contributed by atoms with E-state index in [-0.39, 0.29) is 29.5 Å². The third-order valence-electron chi connectivity index (χ3n) is 6.89. The van der Waals surface area contributed by atoms with Gasteiger partial charge >= 0.3 is 0 Å². The number of aryl methyl sites for hydroxylation is 1. The van der Waals surface area contributed by atoms with Gasteiger partial charge in [-0.15, -0.1) is 5.10 Å². The van der Waals surface area contributed by atoms with Crippen LogP contribution in [-0.4, -0.2) is 62.3 Å².